The van der Waals surface area contributed by atoms with Crippen LogP contribution >= 0.6 is 0 Å². The highest BCUT2D eigenvalue weighted by atomic mass is 127. The van der Waals surface area contributed by atoms with Crippen LogP contribution in [0.2, 0.25) is 0 Å². The van der Waals surface area contributed by atoms with E-state index in [0.717, 1.165) is 9.32 Å². The highest BCUT2D eigenvalue weighted by Crippen LogP contribution is 2.08. The minimum Gasteiger partial charge on any atom is -0.497 e. The predicted molar refractivity (Wildman–Crippen MR) is 66.6 cm³/mol. The SMILES string of the molecule is COc1ccc([I+]c2ccccc2S(=O)(=O)O)cc1. The summed E-state index contributed by atoms with van der Waals surface area (Å²) in [5.74, 6) is 0.760. The summed E-state index contributed by atoms with van der Waals surface area (Å²) in [5, 5.41) is 0. The van der Waals surface area contributed by atoms with Crippen LogP contribution in [0.15, 0.2) is 53.4 Å². The van der Waals surface area contributed by atoms with E-state index in [-0.39, 0.29) is 4.90 Å². The molecule has 0 heterocycles. The van der Waals surface area contributed by atoms with E-state index in [2.05, 4.69) is 0 Å². The highest BCUT2D eigenvalue weighted by molar-refractivity contribution is 7.85. The van der Waals surface area contributed by atoms with Gasteiger partial charge in [0.2, 0.25) is 3.57 Å². The predicted octanol–water partition coefficient (Wildman–Crippen LogP) is -0.930. The number of hydrogen-bond acceptors (Lipinski definition) is 3. The number of hydrogen-bond donors (Lipinski definition) is 1. The molecule has 1 N–H and O–H groups in total. The van der Waals surface area contributed by atoms with Crippen molar-refractivity contribution in [3.05, 3.63) is 55.7 Å². The highest BCUT2D eigenvalue weighted by Gasteiger charge is 2.26. The fraction of sp³-hybridized carbons (Fsp3) is 0.0769. The van der Waals surface area contributed by atoms with Crippen molar-refractivity contribution in [2.24, 2.45) is 0 Å². The molecule has 0 amide bonds. The second-order valence-corrected chi connectivity index (χ2v) is 8.00. The van der Waals surface area contributed by atoms with Gasteiger partial charge in [-0.15, -0.1) is 0 Å². The van der Waals surface area contributed by atoms with Crippen molar-refractivity contribution in [3.8, 4) is 5.75 Å². The van der Waals surface area contributed by atoms with E-state index in [9.17, 15) is 13.0 Å². The minimum absolute atomic E-state index is 0.00128. The summed E-state index contributed by atoms with van der Waals surface area (Å²) in [6.07, 6.45) is 0. The molecule has 0 bridgehead atoms. The maximum atomic E-state index is 11.3. The van der Waals surface area contributed by atoms with E-state index in [0.29, 0.717) is 3.57 Å². The first-order valence-electron chi connectivity index (χ1n) is 5.36. The van der Waals surface area contributed by atoms with E-state index in [1.807, 2.05) is 24.3 Å². The number of ether oxygens (including phenoxy) is 1. The smallest absolute Gasteiger partial charge is 0.359 e. The summed E-state index contributed by atoms with van der Waals surface area (Å²) < 4.78 is 38.6. The van der Waals surface area contributed by atoms with Crippen LogP contribution in [0.4, 0.5) is 0 Å². The lowest BCUT2D eigenvalue weighted by Crippen LogP contribution is -3.61. The first kappa shape index (κ1) is 14.3. The van der Waals surface area contributed by atoms with Gasteiger partial charge in [-0.05, 0) is 36.4 Å². The maximum Gasteiger partial charge on any atom is 0.359 e. The Bertz CT molecular complexity index is 665. The summed E-state index contributed by atoms with van der Waals surface area (Å²) in [6, 6.07) is 14.0. The Morgan fingerprint density at radius 3 is 2.26 bits per heavy atom. The zero-order valence-corrected chi connectivity index (χ0v) is 13.1. The lowest BCUT2D eigenvalue weighted by Gasteiger charge is -1.98. The zero-order chi connectivity index (χ0) is 13.9. The molecule has 0 saturated carbocycles. The van der Waals surface area contributed by atoms with Gasteiger partial charge in [0.25, 0.3) is 10.1 Å². The number of methoxy groups -OCH3 is 1. The van der Waals surface area contributed by atoms with E-state index in [1.165, 1.54) is 6.07 Å². The van der Waals surface area contributed by atoms with Crippen molar-refractivity contribution in [1.82, 2.24) is 0 Å². The summed E-state index contributed by atoms with van der Waals surface area (Å²) in [4.78, 5) is -0.00128. The van der Waals surface area contributed by atoms with Crippen LogP contribution in [0, 0.1) is 7.14 Å². The quantitative estimate of drug-likeness (QED) is 0.541. The van der Waals surface area contributed by atoms with Crippen LogP contribution in [-0.2, 0) is 10.1 Å². The second kappa shape index (κ2) is 5.89. The molecule has 0 saturated heterocycles. The average Bonchev–Trinajstić information content (AvgIpc) is 2.39. The molecule has 0 aromatic heterocycles. The Balaban J connectivity index is 2.33. The van der Waals surface area contributed by atoms with Crippen molar-refractivity contribution in [1.29, 1.82) is 0 Å². The van der Waals surface area contributed by atoms with Crippen molar-refractivity contribution < 1.29 is 38.9 Å². The summed E-state index contributed by atoms with van der Waals surface area (Å²) in [5.41, 5.74) is 0. The largest absolute Gasteiger partial charge is 0.497 e. The molecule has 100 valence electrons. The molecule has 0 aliphatic carbocycles. The van der Waals surface area contributed by atoms with Crippen molar-refractivity contribution >= 4 is 10.1 Å². The molecule has 0 radical (unpaired) electrons. The molecule has 6 heteroatoms. The van der Waals surface area contributed by atoms with Crippen LogP contribution < -0.4 is 25.9 Å². The Labute approximate surface area is 122 Å². The van der Waals surface area contributed by atoms with Gasteiger partial charge in [0.05, 0.1) is 7.11 Å². The Hall–Kier alpha value is -1.12. The zero-order valence-electron chi connectivity index (χ0n) is 10.1. The molecule has 19 heavy (non-hydrogen) atoms. The van der Waals surface area contributed by atoms with Gasteiger partial charge in [-0.3, -0.25) is 4.55 Å². The molecular formula is C13H12IO4S+. The van der Waals surface area contributed by atoms with Gasteiger partial charge >= 0.3 is 21.2 Å². The Morgan fingerprint density at radius 2 is 1.68 bits per heavy atom. The normalized spacial score (nSPS) is 11.3. The minimum atomic E-state index is -4.16. The topological polar surface area (TPSA) is 63.6 Å². The van der Waals surface area contributed by atoms with Gasteiger partial charge in [0, 0.05) is 0 Å². The van der Waals surface area contributed by atoms with Crippen LogP contribution in [-0.4, -0.2) is 20.1 Å². The monoisotopic (exact) mass is 391 g/mol. The fourth-order valence-corrected chi connectivity index (χ4v) is 5.36. The third-order valence-electron chi connectivity index (χ3n) is 2.37. The average molecular weight is 391 g/mol. The summed E-state index contributed by atoms with van der Waals surface area (Å²) in [7, 11) is -2.57. The summed E-state index contributed by atoms with van der Waals surface area (Å²) >= 11 is -0.672. The van der Waals surface area contributed by atoms with Crippen LogP contribution in [0.3, 0.4) is 0 Å². The van der Waals surface area contributed by atoms with Gasteiger partial charge in [0.15, 0.2) is 3.57 Å². The van der Waals surface area contributed by atoms with Crippen molar-refractivity contribution in [2.45, 2.75) is 4.90 Å². The third-order valence-corrected chi connectivity index (χ3v) is 6.52. The Kier molecular flexibility index (Phi) is 4.43. The summed E-state index contributed by atoms with van der Waals surface area (Å²) in [6.45, 7) is 0. The molecule has 0 atom stereocenters. The molecule has 0 unspecified atom stereocenters. The number of halogens is 1. The molecule has 2 aromatic rings. The molecule has 2 aromatic carbocycles. The Morgan fingerprint density at radius 1 is 1.05 bits per heavy atom. The number of rotatable bonds is 4. The first-order chi connectivity index (χ1) is 9.00. The standard InChI is InChI=1S/C13H11IO4S/c1-18-11-8-6-10(7-9-11)14-12-4-2-3-5-13(12)19(15,16)17/h2-9H,1H3/p+1. The van der Waals surface area contributed by atoms with Crippen LogP contribution in [0.1, 0.15) is 0 Å². The van der Waals surface area contributed by atoms with Gasteiger partial charge in [-0.2, -0.15) is 8.42 Å². The van der Waals surface area contributed by atoms with Gasteiger partial charge in [-0.25, -0.2) is 0 Å². The second-order valence-electron chi connectivity index (χ2n) is 3.66. The molecule has 0 spiro atoms. The van der Waals surface area contributed by atoms with Crippen molar-refractivity contribution in [2.75, 3.05) is 7.11 Å². The lowest BCUT2D eigenvalue weighted by atomic mass is 10.3. The number of benzene rings is 2. The van der Waals surface area contributed by atoms with E-state index in [4.69, 9.17) is 4.74 Å². The van der Waals surface area contributed by atoms with Crippen LogP contribution in [0.25, 0.3) is 0 Å². The molecule has 0 fully saturated rings. The van der Waals surface area contributed by atoms with Gasteiger partial charge in [0.1, 0.15) is 10.6 Å². The fourth-order valence-electron chi connectivity index (χ4n) is 1.48. The lowest BCUT2D eigenvalue weighted by molar-refractivity contribution is -0.601. The van der Waals surface area contributed by atoms with E-state index >= 15 is 0 Å². The maximum absolute atomic E-state index is 11.3. The molecular weight excluding hydrogens is 379 g/mol. The van der Waals surface area contributed by atoms with Gasteiger partial charge in [-0.1, -0.05) is 12.1 Å². The van der Waals surface area contributed by atoms with E-state index in [1.54, 1.807) is 25.3 Å². The third kappa shape index (κ3) is 3.68. The molecule has 4 nitrogen and oxygen atoms in total. The first-order valence-corrected chi connectivity index (χ1v) is 8.96. The van der Waals surface area contributed by atoms with Crippen molar-refractivity contribution in [3.63, 3.8) is 0 Å². The van der Waals surface area contributed by atoms with E-state index < -0.39 is 31.3 Å². The van der Waals surface area contributed by atoms with Crippen LogP contribution in [0.5, 0.6) is 5.75 Å². The molecule has 2 rings (SSSR count). The molecule has 0 aliphatic heterocycles. The molecule has 0 aliphatic rings. The van der Waals surface area contributed by atoms with Gasteiger partial charge < -0.3 is 4.74 Å².